The Morgan fingerprint density at radius 3 is 2.83 bits per heavy atom. The highest BCUT2D eigenvalue weighted by Crippen LogP contribution is 2.05. The maximum Gasteiger partial charge on any atom is 0.257 e. The van der Waals surface area contributed by atoms with Crippen LogP contribution >= 0.6 is 0 Å². The molecule has 1 heterocycles. The summed E-state index contributed by atoms with van der Waals surface area (Å²) in [5.41, 5.74) is -0.121. The second-order valence-corrected chi connectivity index (χ2v) is 2.39. The molecule has 0 spiro atoms. The summed E-state index contributed by atoms with van der Waals surface area (Å²) in [6.45, 7) is 1.68. The molecule has 0 aliphatic carbocycles. The van der Waals surface area contributed by atoms with Gasteiger partial charge in [-0.3, -0.25) is 4.79 Å². The van der Waals surface area contributed by atoms with E-state index in [4.69, 9.17) is 9.84 Å². The maximum atomic E-state index is 11.0. The van der Waals surface area contributed by atoms with Crippen molar-refractivity contribution >= 4 is 0 Å². The van der Waals surface area contributed by atoms with Crippen molar-refractivity contribution in [1.82, 2.24) is 9.97 Å². The summed E-state index contributed by atoms with van der Waals surface area (Å²) in [6.07, 6.45) is 0. The van der Waals surface area contributed by atoms with Crippen molar-refractivity contribution in [2.75, 3.05) is 7.11 Å². The molecule has 0 radical (unpaired) electrons. The van der Waals surface area contributed by atoms with Gasteiger partial charge in [0.1, 0.15) is 12.4 Å². The van der Waals surface area contributed by atoms with Gasteiger partial charge in [0.25, 0.3) is 5.56 Å². The Balaban J connectivity index is 3.13. The highest BCUT2D eigenvalue weighted by Gasteiger charge is 2.04. The van der Waals surface area contributed by atoms with Gasteiger partial charge in [0.05, 0.1) is 5.56 Å². The van der Waals surface area contributed by atoms with Crippen molar-refractivity contribution in [3.05, 3.63) is 21.7 Å². The van der Waals surface area contributed by atoms with Gasteiger partial charge in [0.15, 0.2) is 0 Å². The van der Waals surface area contributed by atoms with Crippen LogP contribution in [-0.4, -0.2) is 22.2 Å². The van der Waals surface area contributed by atoms with Gasteiger partial charge in [-0.1, -0.05) is 0 Å². The average Bonchev–Trinajstić information content (AvgIpc) is 2.01. The van der Waals surface area contributed by atoms with Crippen LogP contribution < -0.4 is 5.56 Å². The molecule has 0 amide bonds. The molecular formula is C7H10N2O3. The summed E-state index contributed by atoms with van der Waals surface area (Å²) in [5.74, 6) is 0.0800. The van der Waals surface area contributed by atoms with Gasteiger partial charge in [-0.2, -0.15) is 4.98 Å². The number of H-pyrrole nitrogens is 1. The van der Waals surface area contributed by atoms with E-state index in [0.29, 0.717) is 5.82 Å². The molecule has 0 aromatic carbocycles. The Kier molecular flexibility index (Phi) is 2.44. The number of nitrogens with zero attached hydrogens (tertiary/aromatic N) is 1. The van der Waals surface area contributed by atoms with Crippen LogP contribution in [0.4, 0.5) is 0 Å². The van der Waals surface area contributed by atoms with Crippen molar-refractivity contribution in [3.8, 4) is 5.88 Å². The molecule has 0 unspecified atom stereocenters. The third kappa shape index (κ3) is 1.62. The molecular weight excluding hydrogens is 160 g/mol. The van der Waals surface area contributed by atoms with Crippen LogP contribution in [0.2, 0.25) is 0 Å². The maximum absolute atomic E-state index is 11.0. The number of methoxy groups -OCH3 is 1. The summed E-state index contributed by atoms with van der Waals surface area (Å²) in [4.78, 5) is 17.2. The summed E-state index contributed by atoms with van der Waals surface area (Å²) < 4.78 is 4.73. The number of aromatic nitrogens is 2. The highest BCUT2D eigenvalue weighted by atomic mass is 16.5. The molecule has 0 saturated carbocycles. The predicted octanol–water partition coefficient (Wildman–Crippen LogP) is -0.0697. The van der Waals surface area contributed by atoms with Gasteiger partial charge in [0, 0.05) is 7.11 Å². The zero-order valence-electron chi connectivity index (χ0n) is 6.92. The standard InChI is InChI=1S/C7H10N2O3/c1-4-6(10)8-5(3-12-2)9-7(4)11/h3H2,1-2H3,(H2,8,9,10,11). The van der Waals surface area contributed by atoms with Gasteiger partial charge in [-0.25, -0.2) is 0 Å². The Morgan fingerprint density at radius 1 is 1.67 bits per heavy atom. The zero-order chi connectivity index (χ0) is 9.14. The topological polar surface area (TPSA) is 75.2 Å². The molecule has 0 aliphatic rings. The molecule has 5 nitrogen and oxygen atoms in total. The van der Waals surface area contributed by atoms with Crippen LogP contribution in [0.15, 0.2) is 4.79 Å². The Labute approximate surface area is 69.0 Å². The molecule has 0 fully saturated rings. The van der Waals surface area contributed by atoms with E-state index >= 15 is 0 Å². The lowest BCUT2D eigenvalue weighted by Crippen LogP contribution is -2.14. The smallest absolute Gasteiger partial charge is 0.257 e. The van der Waals surface area contributed by atoms with Gasteiger partial charge in [0.2, 0.25) is 5.88 Å². The molecule has 0 saturated heterocycles. The SMILES string of the molecule is COCc1nc(O)c(C)c(=O)[nH]1. The largest absolute Gasteiger partial charge is 0.493 e. The first-order valence-corrected chi connectivity index (χ1v) is 3.43. The van der Waals surface area contributed by atoms with Crippen molar-refractivity contribution in [1.29, 1.82) is 0 Å². The molecule has 66 valence electrons. The fourth-order valence-corrected chi connectivity index (χ4v) is 0.771. The van der Waals surface area contributed by atoms with Crippen LogP contribution in [0.25, 0.3) is 0 Å². The Bertz CT molecular complexity index is 332. The number of aromatic amines is 1. The van der Waals surface area contributed by atoms with Crippen LogP contribution in [0.3, 0.4) is 0 Å². The molecule has 1 aromatic heterocycles. The third-order valence-corrected chi connectivity index (χ3v) is 1.46. The van der Waals surface area contributed by atoms with E-state index < -0.39 is 0 Å². The minimum Gasteiger partial charge on any atom is -0.493 e. The Hall–Kier alpha value is -1.36. The highest BCUT2D eigenvalue weighted by molar-refractivity contribution is 5.19. The number of nitrogens with one attached hydrogen (secondary N) is 1. The normalized spacial score (nSPS) is 10.2. The minimum atomic E-state index is -0.338. The molecule has 0 bridgehead atoms. The number of hydrogen-bond acceptors (Lipinski definition) is 4. The molecule has 0 aliphatic heterocycles. The van der Waals surface area contributed by atoms with E-state index in [1.54, 1.807) is 0 Å². The summed E-state index contributed by atoms with van der Waals surface area (Å²) >= 11 is 0. The van der Waals surface area contributed by atoms with Crippen LogP contribution in [-0.2, 0) is 11.3 Å². The number of hydrogen-bond donors (Lipinski definition) is 2. The lowest BCUT2D eigenvalue weighted by molar-refractivity contribution is 0.176. The van der Waals surface area contributed by atoms with E-state index in [-0.39, 0.29) is 23.6 Å². The minimum absolute atomic E-state index is 0.184. The molecule has 1 rings (SSSR count). The lowest BCUT2D eigenvalue weighted by atomic mass is 10.3. The molecule has 12 heavy (non-hydrogen) atoms. The number of rotatable bonds is 2. The molecule has 2 N–H and O–H groups in total. The second-order valence-electron chi connectivity index (χ2n) is 2.39. The predicted molar refractivity (Wildman–Crippen MR) is 42.0 cm³/mol. The second kappa shape index (κ2) is 3.36. The summed E-state index contributed by atoms with van der Waals surface area (Å²) in [7, 11) is 1.48. The first-order chi connectivity index (χ1) is 5.65. The monoisotopic (exact) mass is 170 g/mol. The van der Waals surface area contributed by atoms with Gasteiger partial charge >= 0.3 is 0 Å². The zero-order valence-corrected chi connectivity index (χ0v) is 6.92. The quantitative estimate of drug-likeness (QED) is 0.651. The first kappa shape index (κ1) is 8.73. The van der Waals surface area contributed by atoms with Gasteiger partial charge < -0.3 is 14.8 Å². The summed E-state index contributed by atoms with van der Waals surface area (Å²) in [5, 5.41) is 9.12. The van der Waals surface area contributed by atoms with E-state index in [9.17, 15) is 4.79 Å². The van der Waals surface area contributed by atoms with Crippen molar-refractivity contribution in [2.24, 2.45) is 0 Å². The molecule has 5 heteroatoms. The van der Waals surface area contributed by atoms with Crippen LogP contribution in [0.1, 0.15) is 11.4 Å². The van der Waals surface area contributed by atoms with Gasteiger partial charge in [-0.05, 0) is 6.92 Å². The van der Waals surface area contributed by atoms with E-state index in [2.05, 4.69) is 9.97 Å². The van der Waals surface area contributed by atoms with E-state index in [1.165, 1.54) is 14.0 Å². The number of ether oxygens (including phenoxy) is 1. The third-order valence-electron chi connectivity index (χ3n) is 1.46. The lowest BCUT2D eigenvalue weighted by Gasteiger charge is -2.00. The average molecular weight is 170 g/mol. The van der Waals surface area contributed by atoms with Crippen molar-refractivity contribution < 1.29 is 9.84 Å². The van der Waals surface area contributed by atoms with Gasteiger partial charge in [-0.15, -0.1) is 0 Å². The Morgan fingerprint density at radius 2 is 2.33 bits per heavy atom. The molecule has 1 aromatic rings. The first-order valence-electron chi connectivity index (χ1n) is 3.43. The van der Waals surface area contributed by atoms with E-state index in [0.717, 1.165) is 0 Å². The van der Waals surface area contributed by atoms with E-state index in [1.807, 2.05) is 0 Å². The molecule has 0 atom stereocenters. The number of aromatic hydroxyl groups is 1. The fraction of sp³-hybridized carbons (Fsp3) is 0.429. The fourth-order valence-electron chi connectivity index (χ4n) is 0.771. The van der Waals surface area contributed by atoms with Crippen LogP contribution in [0.5, 0.6) is 5.88 Å². The van der Waals surface area contributed by atoms with Crippen LogP contribution in [0, 0.1) is 6.92 Å². The van der Waals surface area contributed by atoms with Crippen molar-refractivity contribution in [2.45, 2.75) is 13.5 Å². The summed E-state index contributed by atoms with van der Waals surface area (Å²) in [6, 6.07) is 0. The van der Waals surface area contributed by atoms with Crippen molar-refractivity contribution in [3.63, 3.8) is 0 Å².